The quantitative estimate of drug-likeness (QED) is 0.231. The van der Waals surface area contributed by atoms with Crippen LogP contribution in [0.5, 0.6) is 0 Å². The van der Waals surface area contributed by atoms with E-state index >= 15 is 0 Å². The van der Waals surface area contributed by atoms with Crippen molar-refractivity contribution in [1.29, 1.82) is 0 Å². The summed E-state index contributed by atoms with van der Waals surface area (Å²) in [6.07, 6.45) is 8.50. The van der Waals surface area contributed by atoms with Crippen LogP contribution in [0, 0.1) is 11.5 Å². The van der Waals surface area contributed by atoms with Gasteiger partial charge >= 0.3 is 41.3 Å². The third kappa shape index (κ3) is 5.04. The van der Waals surface area contributed by atoms with E-state index in [1.165, 1.54) is 41.4 Å². The molecule has 5 rings (SSSR count). The van der Waals surface area contributed by atoms with Crippen LogP contribution >= 0.6 is 0 Å². The zero-order valence-electron chi connectivity index (χ0n) is 19.0. The first-order valence-corrected chi connectivity index (χ1v) is 11.7. The molecule has 1 aromatic heterocycles. The van der Waals surface area contributed by atoms with Gasteiger partial charge in [0.1, 0.15) is 0 Å². The van der Waals surface area contributed by atoms with E-state index in [2.05, 4.69) is 119 Å². The largest absolute Gasteiger partial charge is 0.388 e. The van der Waals surface area contributed by atoms with E-state index in [4.69, 9.17) is 0 Å². The van der Waals surface area contributed by atoms with Gasteiger partial charge in [-0.25, -0.2) is 6.08 Å². The second-order valence-corrected chi connectivity index (χ2v) is 11.5. The summed E-state index contributed by atoms with van der Waals surface area (Å²) >= 11 is 1.55. The summed E-state index contributed by atoms with van der Waals surface area (Å²) in [6.45, 7) is 10.9. The first kappa shape index (κ1) is 22.8. The van der Waals surface area contributed by atoms with Gasteiger partial charge in [-0.1, -0.05) is 78.7 Å². The van der Waals surface area contributed by atoms with Gasteiger partial charge in [0.25, 0.3) is 0 Å². The molecule has 1 nitrogen and oxygen atoms in total. The number of aromatic nitrogens is 1. The Hall–Kier alpha value is -1.92. The molecule has 0 saturated carbocycles. The van der Waals surface area contributed by atoms with E-state index in [0.29, 0.717) is 5.41 Å². The standard InChI is InChI=1S/C16H12N.C9H13.C3H6.Zr/c1-17-15-9-5-4-8-13(15)14-10-11-6-2-3-7-12(11)16(14)17;1-9(2,3)8-6-4-5-7-8;1-3-2;/h2-10H,1H3;6-7H,4H2,1-3H3;1-2H3;/q2*-1;;+2. The number of nitrogens with zero attached hydrogens (tertiary/aromatic N) is 1. The zero-order valence-corrected chi connectivity index (χ0v) is 21.5. The van der Waals surface area contributed by atoms with Gasteiger partial charge in [-0.05, 0) is 11.6 Å². The summed E-state index contributed by atoms with van der Waals surface area (Å²) in [5, 5.41) is 5.39. The van der Waals surface area contributed by atoms with Crippen molar-refractivity contribution in [3.63, 3.8) is 0 Å². The van der Waals surface area contributed by atoms with Crippen molar-refractivity contribution >= 4 is 35.8 Å². The van der Waals surface area contributed by atoms with Crippen molar-refractivity contribution in [3.05, 3.63) is 78.4 Å². The van der Waals surface area contributed by atoms with E-state index in [9.17, 15) is 0 Å². The van der Waals surface area contributed by atoms with E-state index in [1.54, 1.807) is 24.2 Å². The number of hydrogen-bond donors (Lipinski definition) is 0. The Kier molecular flexibility index (Phi) is 7.19. The molecule has 152 valence electrons. The summed E-state index contributed by atoms with van der Waals surface area (Å²) in [5.74, 6) is 0. The van der Waals surface area contributed by atoms with Gasteiger partial charge in [-0.3, -0.25) is 6.08 Å². The summed E-state index contributed by atoms with van der Waals surface area (Å²) in [4.78, 5) is 0. The minimum absolute atomic E-state index is 0.323. The van der Waals surface area contributed by atoms with Crippen molar-refractivity contribution in [2.45, 2.75) is 41.0 Å². The van der Waals surface area contributed by atoms with E-state index in [1.807, 2.05) is 0 Å². The van der Waals surface area contributed by atoms with E-state index in [0.717, 1.165) is 6.42 Å². The fourth-order valence-corrected chi connectivity index (χ4v) is 3.81. The van der Waals surface area contributed by atoms with Crippen molar-refractivity contribution < 1.29 is 24.2 Å². The fraction of sp³-hybridized carbons (Fsp3) is 0.286. The number of para-hydroxylation sites is 1. The Morgan fingerprint density at radius 2 is 1.60 bits per heavy atom. The van der Waals surface area contributed by atoms with Gasteiger partial charge in [0.2, 0.25) is 0 Å². The Morgan fingerprint density at radius 3 is 2.17 bits per heavy atom. The number of benzene rings is 2. The van der Waals surface area contributed by atoms with Crippen LogP contribution in [0.3, 0.4) is 0 Å². The molecule has 3 aromatic carbocycles. The molecule has 0 radical (unpaired) electrons. The molecule has 1 aliphatic carbocycles. The fourth-order valence-electron chi connectivity index (χ4n) is 3.81. The summed E-state index contributed by atoms with van der Waals surface area (Å²) in [6, 6.07) is 19.5. The third-order valence-electron chi connectivity index (χ3n) is 5.23. The molecule has 1 heterocycles. The number of aryl methyl sites for hydroxylation is 1. The normalized spacial score (nSPS) is 13.1. The summed E-state index contributed by atoms with van der Waals surface area (Å²) in [7, 11) is 2.15. The van der Waals surface area contributed by atoms with Crippen LogP contribution in [0.4, 0.5) is 0 Å². The van der Waals surface area contributed by atoms with Gasteiger partial charge in [0.05, 0.1) is 0 Å². The first-order chi connectivity index (χ1) is 14.2. The second kappa shape index (κ2) is 9.48. The van der Waals surface area contributed by atoms with Crippen LogP contribution < -0.4 is 0 Å². The molecule has 2 heteroatoms. The van der Waals surface area contributed by atoms with Gasteiger partial charge < -0.3 is 4.57 Å². The van der Waals surface area contributed by atoms with Gasteiger partial charge in [0.15, 0.2) is 0 Å². The van der Waals surface area contributed by atoms with Crippen molar-refractivity contribution in [3.8, 4) is 0 Å². The third-order valence-corrected chi connectivity index (χ3v) is 5.23. The Morgan fingerprint density at radius 1 is 1.00 bits per heavy atom. The Balaban J connectivity index is 0.000000167. The molecule has 30 heavy (non-hydrogen) atoms. The van der Waals surface area contributed by atoms with Crippen LogP contribution in [0.15, 0.2) is 72.3 Å². The molecule has 0 atom stereocenters. The molecular weight excluding hydrogens is 442 g/mol. The molecule has 0 aliphatic heterocycles. The van der Waals surface area contributed by atoms with Gasteiger partial charge in [-0.2, -0.15) is 11.6 Å². The maximum absolute atomic E-state index is 3.16. The van der Waals surface area contributed by atoms with Crippen molar-refractivity contribution in [1.82, 2.24) is 4.57 Å². The van der Waals surface area contributed by atoms with Crippen molar-refractivity contribution in [2.75, 3.05) is 0 Å². The molecule has 0 N–H and O–H groups in total. The van der Waals surface area contributed by atoms with Gasteiger partial charge in [0, 0.05) is 12.6 Å². The van der Waals surface area contributed by atoms with Crippen LogP contribution in [-0.4, -0.2) is 7.77 Å². The molecule has 0 fully saturated rings. The average molecular weight is 473 g/mol. The van der Waals surface area contributed by atoms with E-state index < -0.39 is 0 Å². The summed E-state index contributed by atoms with van der Waals surface area (Å²) in [5.41, 5.74) is 4.40. The maximum Gasteiger partial charge on any atom is 0.00712 e. The Labute approximate surface area is 195 Å². The molecule has 0 unspecified atom stereocenters. The monoisotopic (exact) mass is 471 g/mol. The molecule has 0 saturated heterocycles. The van der Waals surface area contributed by atoms with E-state index in [-0.39, 0.29) is 0 Å². The maximum atomic E-state index is 3.16. The van der Waals surface area contributed by atoms with Gasteiger partial charge in [-0.15, -0.1) is 23.9 Å². The van der Waals surface area contributed by atoms with Crippen LogP contribution in [0.2, 0.25) is 0 Å². The molecular formula is C28H31NZr. The molecule has 1 aliphatic rings. The minimum atomic E-state index is 0.323. The predicted octanol–water partition coefficient (Wildman–Crippen LogP) is 7.67. The number of hydrogen-bond acceptors (Lipinski definition) is 0. The van der Waals surface area contributed by atoms with Crippen molar-refractivity contribution in [2.24, 2.45) is 12.5 Å². The number of rotatable bonds is 0. The predicted molar refractivity (Wildman–Crippen MR) is 130 cm³/mol. The van der Waals surface area contributed by atoms with Crippen LogP contribution in [-0.2, 0) is 31.3 Å². The molecule has 4 aromatic rings. The topological polar surface area (TPSA) is 4.93 Å². The second-order valence-electron chi connectivity index (χ2n) is 9.03. The first-order valence-electron chi connectivity index (χ1n) is 10.5. The zero-order chi connectivity index (χ0) is 21.9. The van der Waals surface area contributed by atoms with Crippen LogP contribution in [0.25, 0.3) is 32.6 Å². The molecule has 0 amide bonds. The SMILES string of the molecule is CC(C)(C)C1=CC[C-]=C1.C[C](C)=[Zr+2].Cn1c2ccccc2c2[cH-]c3ccccc3c21. The summed E-state index contributed by atoms with van der Waals surface area (Å²) < 4.78 is 3.81. The number of fused-ring (bicyclic) bond motifs is 5. The number of allylic oxidation sites excluding steroid dienone is 4. The molecule has 0 spiro atoms. The smallest absolute Gasteiger partial charge is 0.00712 e. The average Bonchev–Trinajstić information content (AvgIpc) is 3.39. The molecule has 0 bridgehead atoms. The minimum Gasteiger partial charge on any atom is -0.388 e. The Bertz CT molecular complexity index is 1230. The van der Waals surface area contributed by atoms with Crippen LogP contribution in [0.1, 0.15) is 41.0 Å².